The molecule has 0 radical (unpaired) electrons. The number of sulfonamides is 1. The second kappa shape index (κ2) is 9.63. The Hall–Kier alpha value is -3.37. The van der Waals surface area contributed by atoms with Crippen LogP contribution in [0.5, 0.6) is 5.75 Å². The predicted molar refractivity (Wildman–Crippen MR) is 122 cm³/mol. The lowest BCUT2D eigenvalue weighted by Gasteiger charge is -2.31. The van der Waals surface area contributed by atoms with Gasteiger partial charge in [-0.3, -0.25) is 4.79 Å². The van der Waals surface area contributed by atoms with Gasteiger partial charge < -0.3 is 19.0 Å². The van der Waals surface area contributed by atoms with Gasteiger partial charge in [0.25, 0.3) is 0 Å². The molecule has 4 rings (SSSR count). The maximum absolute atomic E-state index is 13.5. The number of anilines is 1. The molecular formula is C23H25N3O6S. The van der Waals surface area contributed by atoms with Gasteiger partial charge >= 0.3 is 0 Å². The maximum Gasteiger partial charge on any atom is 0.248 e. The monoisotopic (exact) mass is 471 g/mol. The standard InChI is InChI=1S/C23H25N3O6S/c1-16-22(21(32-25-16)12-11-20-6-4-14-31-20)33(28,29)26-13-3-5-17(15-26)23(27)24-18-7-9-19(30-2)10-8-18/h4,6-12,14,17H,3,5,13,15H2,1-2H3,(H,24,27). The molecule has 3 aromatic rings. The Morgan fingerprint density at radius 3 is 2.73 bits per heavy atom. The summed E-state index contributed by atoms with van der Waals surface area (Å²) in [4.78, 5) is 12.8. The largest absolute Gasteiger partial charge is 0.497 e. The molecule has 1 atom stereocenters. The molecule has 2 aromatic heterocycles. The van der Waals surface area contributed by atoms with Crippen LogP contribution in [-0.2, 0) is 14.8 Å². The van der Waals surface area contributed by atoms with Gasteiger partial charge in [0.2, 0.25) is 15.9 Å². The highest BCUT2D eigenvalue weighted by molar-refractivity contribution is 7.89. The van der Waals surface area contributed by atoms with Crippen LogP contribution in [0.4, 0.5) is 5.69 Å². The van der Waals surface area contributed by atoms with Gasteiger partial charge in [-0.1, -0.05) is 5.16 Å². The zero-order chi connectivity index (χ0) is 23.4. The minimum Gasteiger partial charge on any atom is -0.497 e. The van der Waals surface area contributed by atoms with E-state index in [1.807, 2.05) is 0 Å². The number of aromatic nitrogens is 1. The molecule has 1 aliphatic rings. The number of amides is 1. The molecule has 0 saturated carbocycles. The van der Waals surface area contributed by atoms with Crippen LogP contribution in [-0.4, -0.2) is 44.0 Å². The molecule has 10 heteroatoms. The molecule has 1 aromatic carbocycles. The Bertz CT molecular complexity index is 1230. The maximum atomic E-state index is 13.5. The van der Waals surface area contributed by atoms with Crippen LogP contribution in [0, 0.1) is 12.8 Å². The van der Waals surface area contributed by atoms with Crippen molar-refractivity contribution in [2.45, 2.75) is 24.7 Å². The van der Waals surface area contributed by atoms with Crippen molar-refractivity contribution in [2.24, 2.45) is 5.92 Å². The minimum absolute atomic E-state index is 0.00141. The van der Waals surface area contributed by atoms with Gasteiger partial charge in [-0.2, -0.15) is 4.31 Å². The Labute approximate surface area is 192 Å². The van der Waals surface area contributed by atoms with Gasteiger partial charge in [-0.15, -0.1) is 0 Å². The highest BCUT2D eigenvalue weighted by Gasteiger charge is 2.37. The predicted octanol–water partition coefficient (Wildman–Crippen LogP) is 3.79. The lowest BCUT2D eigenvalue weighted by molar-refractivity contribution is -0.120. The number of methoxy groups -OCH3 is 1. The topological polar surface area (TPSA) is 115 Å². The molecule has 0 spiro atoms. The molecule has 1 saturated heterocycles. The van der Waals surface area contributed by atoms with E-state index in [-0.39, 0.29) is 28.8 Å². The second-order valence-electron chi connectivity index (χ2n) is 7.73. The molecule has 1 aliphatic heterocycles. The molecule has 174 valence electrons. The van der Waals surface area contributed by atoms with Gasteiger partial charge in [-0.25, -0.2) is 8.42 Å². The number of piperidine rings is 1. The SMILES string of the molecule is COc1ccc(NC(=O)C2CCCN(S(=O)(=O)c3c(C)noc3C=Cc3ccco3)C2)cc1. The molecule has 1 N–H and O–H groups in total. The summed E-state index contributed by atoms with van der Waals surface area (Å²) >= 11 is 0. The summed E-state index contributed by atoms with van der Waals surface area (Å²) < 4.78 is 43.9. The van der Waals surface area contributed by atoms with E-state index in [4.69, 9.17) is 13.7 Å². The molecular weight excluding hydrogens is 446 g/mol. The summed E-state index contributed by atoms with van der Waals surface area (Å²) in [5, 5.41) is 6.71. The Morgan fingerprint density at radius 1 is 1.24 bits per heavy atom. The van der Waals surface area contributed by atoms with E-state index in [0.29, 0.717) is 36.6 Å². The number of hydrogen-bond donors (Lipinski definition) is 1. The van der Waals surface area contributed by atoms with Crippen molar-refractivity contribution in [1.82, 2.24) is 9.46 Å². The number of carbonyl (C=O) groups excluding carboxylic acids is 1. The van der Waals surface area contributed by atoms with Gasteiger partial charge in [0, 0.05) is 18.8 Å². The molecule has 0 aliphatic carbocycles. The average Bonchev–Trinajstić information content (AvgIpc) is 3.48. The third-order valence-corrected chi connectivity index (χ3v) is 7.51. The van der Waals surface area contributed by atoms with Crippen molar-refractivity contribution < 1.29 is 26.9 Å². The summed E-state index contributed by atoms with van der Waals surface area (Å²) in [7, 11) is -2.35. The molecule has 3 heterocycles. The molecule has 1 amide bonds. The van der Waals surface area contributed by atoms with Crippen molar-refractivity contribution in [3.05, 3.63) is 59.9 Å². The van der Waals surface area contributed by atoms with Crippen molar-refractivity contribution in [3.8, 4) is 5.75 Å². The fourth-order valence-electron chi connectivity index (χ4n) is 3.77. The van der Waals surface area contributed by atoms with E-state index in [9.17, 15) is 13.2 Å². The number of aryl methyl sites for hydroxylation is 1. The number of rotatable bonds is 7. The number of furan rings is 1. The highest BCUT2D eigenvalue weighted by Crippen LogP contribution is 2.30. The number of benzene rings is 1. The molecule has 1 fully saturated rings. The first-order valence-electron chi connectivity index (χ1n) is 10.5. The van der Waals surface area contributed by atoms with Gasteiger partial charge in [0.15, 0.2) is 10.7 Å². The van der Waals surface area contributed by atoms with E-state index in [2.05, 4.69) is 10.5 Å². The summed E-state index contributed by atoms with van der Waals surface area (Å²) in [5.74, 6) is 0.663. The third kappa shape index (κ3) is 5.01. The molecule has 9 nitrogen and oxygen atoms in total. The zero-order valence-electron chi connectivity index (χ0n) is 18.4. The number of carbonyl (C=O) groups is 1. The van der Waals surface area contributed by atoms with Crippen LogP contribution in [0.2, 0.25) is 0 Å². The van der Waals surface area contributed by atoms with Crippen molar-refractivity contribution in [1.29, 1.82) is 0 Å². The van der Waals surface area contributed by atoms with Gasteiger partial charge in [-0.05, 0) is 68.3 Å². The minimum atomic E-state index is -3.92. The van der Waals surface area contributed by atoms with Crippen LogP contribution in [0.25, 0.3) is 12.2 Å². The van der Waals surface area contributed by atoms with E-state index in [0.717, 1.165) is 0 Å². The van der Waals surface area contributed by atoms with Crippen molar-refractivity contribution in [3.63, 3.8) is 0 Å². The number of nitrogens with zero attached hydrogens (tertiary/aromatic N) is 2. The van der Waals surface area contributed by atoms with Crippen molar-refractivity contribution in [2.75, 3.05) is 25.5 Å². The van der Waals surface area contributed by atoms with E-state index in [1.54, 1.807) is 56.5 Å². The number of hydrogen-bond acceptors (Lipinski definition) is 7. The summed E-state index contributed by atoms with van der Waals surface area (Å²) in [6.07, 6.45) is 5.82. The number of ether oxygens (including phenoxy) is 1. The molecule has 1 unspecified atom stereocenters. The van der Waals surface area contributed by atoms with Crippen molar-refractivity contribution >= 4 is 33.8 Å². The van der Waals surface area contributed by atoms with Crippen LogP contribution in [0.1, 0.15) is 30.1 Å². The Balaban J connectivity index is 1.50. The lowest BCUT2D eigenvalue weighted by atomic mass is 9.99. The van der Waals surface area contributed by atoms with Gasteiger partial charge in [0.1, 0.15) is 17.2 Å². The average molecular weight is 472 g/mol. The van der Waals surface area contributed by atoms with E-state index >= 15 is 0 Å². The van der Waals surface area contributed by atoms with Crippen LogP contribution < -0.4 is 10.1 Å². The third-order valence-electron chi connectivity index (χ3n) is 5.49. The highest BCUT2D eigenvalue weighted by atomic mass is 32.2. The number of nitrogens with one attached hydrogen (secondary N) is 1. The summed E-state index contributed by atoms with van der Waals surface area (Å²) in [6.45, 7) is 1.98. The molecule has 33 heavy (non-hydrogen) atoms. The normalized spacial score (nSPS) is 17.3. The molecule has 0 bridgehead atoms. The first-order valence-corrected chi connectivity index (χ1v) is 12.0. The van der Waals surface area contributed by atoms with Crippen LogP contribution in [0.15, 0.2) is 56.5 Å². The fourth-order valence-corrected chi connectivity index (χ4v) is 5.54. The Kier molecular flexibility index (Phi) is 6.66. The summed E-state index contributed by atoms with van der Waals surface area (Å²) in [5.41, 5.74) is 0.889. The first-order chi connectivity index (χ1) is 15.9. The first kappa shape index (κ1) is 22.8. The van der Waals surface area contributed by atoms with Crippen LogP contribution >= 0.6 is 0 Å². The summed E-state index contributed by atoms with van der Waals surface area (Å²) in [6, 6.07) is 10.5. The van der Waals surface area contributed by atoms with E-state index < -0.39 is 15.9 Å². The van der Waals surface area contributed by atoms with E-state index in [1.165, 1.54) is 16.6 Å². The van der Waals surface area contributed by atoms with Crippen LogP contribution in [0.3, 0.4) is 0 Å². The Morgan fingerprint density at radius 2 is 2.03 bits per heavy atom. The fraction of sp³-hybridized carbons (Fsp3) is 0.304. The van der Waals surface area contributed by atoms with Gasteiger partial charge in [0.05, 0.1) is 19.3 Å². The second-order valence-corrected chi connectivity index (χ2v) is 9.60. The quantitative estimate of drug-likeness (QED) is 0.557. The zero-order valence-corrected chi connectivity index (χ0v) is 19.2. The smallest absolute Gasteiger partial charge is 0.248 e. The lowest BCUT2D eigenvalue weighted by Crippen LogP contribution is -2.43.